The first kappa shape index (κ1) is 23.2. The van der Waals surface area contributed by atoms with Crippen molar-refractivity contribution in [3.05, 3.63) is 65.5 Å². The zero-order valence-corrected chi connectivity index (χ0v) is 18.9. The molecule has 0 spiro atoms. The molecule has 1 aromatic heterocycles. The van der Waals surface area contributed by atoms with Crippen LogP contribution in [0.3, 0.4) is 0 Å². The van der Waals surface area contributed by atoms with Crippen LogP contribution in [0.5, 0.6) is 0 Å². The number of amides is 1. The summed E-state index contributed by atoms with van der Waals surface area (Å²) in [7, 11) is 0. The van der Waals surface area contributed by atoms with Crippen molar-refractivity contribution in [3.8, 4) is 11.5 Å². The molecule has 2 unspecified atom stereocenters. The van der Waals surface area contributed by atoms with Crippen LogP contribution in [0, 0.1) is 6.92 Å². The maximum Gasteiger partial charge on any atom is 0.307 e. The predicted octanol–water partition coefficient (Wildman–Crippen LogP) is 5.06. The van der Waals surface area contributed by atoms with Gasteiger partial charge in [-0.25, -0.2) is 0 Å². The third kappa shape index (κ3) is 6.03. The minimum Gasteiger partial charge on any atom is -0.453 e. The van der Waals surface area contributed by atoms with E-state index in [1.165, 1.54) is 0 Å². The van der Waals surface area contributed by atoms with Crippen molar-refractivity contribution in [3.63, 3.8) is 0 Å². The molecule has 0 saturated carbocycles. The largest absolute Gasteiger partial charge is 0.453 e. The Morgan fingerprint density at radius 1 is 1.06 bits per heavy atom. The number of anilines is 1. The number of rotatable bonds is 9. The van der Waals surface area contributed by atoms with Crippen molar-refractivity contribution >= 4 is 17.6 Å². The maximum absolute atomic E-state index is 12.5. The second-order valence-electron chi connectivity index (χ2n) is 7.88. The molecule has 7 heteroatoms. The summed E-state index contributed by atoms with van der Waals surface area (Å²) in [6, 6.07) is 15.4. The van der Waals surface area contributed by atoms with Gasteiger partial charge in [0.1, 0.15) is 0 Å². The number of nitrogens with one attached hydrogen (secondary N) is 1. The van der Waals surface area contributed by atoms with E-state index in [-0.39, 0.29) is 18.7 Å². The highest BCUT2D eigenvalue weighted by Gasteiger charge is 2.20. The first-order chi connectivity index (χ1) is 15.4. The predicted molar refractivity (Wildman–Crippen MR) is 122 cm³/mol. The lowest BCUT2D eigenvalue weighted by Gasteiger charge is -2.18. The molecule has 7 nitrogen and oxygen atoms in total. The van der Waals surface area contributed by atoms with Crippen LogP contribution in [-0.4, -0.2) is 28.2 Å². The molecule has 0 radical (unpaired) electrons. The zero-order chi connectivity index (χ0) is 23.1. The van der Waals surface area contributed by atoms with Crippen molar-refractivity contribution in [2.24, 2.45) is 0 Å². The highest BCUT2D eigenvalue weighted by Crippen LogP contribution is 2.26. The van der Waals surface area contributed by atoms with E-state index in [9.17, 15) is 9.59 Å². The van der Waals surface area contributed by atoms with Crippen LogP contribution in [0.15, 0.2) is 52.9 Å². The number of hydrogen-bond acceptors (Lipinski definition) is 6. The van der Waals surface area contributed by atoms with E-state index >= 15 is 0 Å². The van der Waals surface area contributed by atoms with Crippen LogP contribution in [0.25, 0.3) is 11.5 Å². The second kappa shape index (κ2) is 10.7. The molecule has 168 valence electrons. The molecule has 32 heavy (non-hydrogen) atoms. The molecule has 0 aliphatic rings. The van der Waals surface area contributed by atoms with E-state index < -0.39 is 12.1 Å². The Morgan fingerprint density at radius 3 is 2.50 bits per heavy atom. The lowest BCUT2D eigenvalue weighted by Crippen LogP contribution is -2.30. The summed E-state index contributed by atoms with van der Waals surface area (Å²) in [4.78, 5) is 24.8. The minimum absolute atomic E-state index is 0.0383. The van der Waals surface area contributed by atoms with Crippen molar-refractivity contribution in [1.29, 1.82) is 0 Å². The first-order valence-electron chi connectivity index (χ1n) is 10.9. The topological polar surface area (TPSA) is 94.3 Å². The Bertz CT molecular complexity index is 1060. The summed E-state index contributed by atoms with van der Waals surface area (Å²) in [5.74, 6) is 0.188. The van der Waals surface area contributed by atoms with E-state index in [1.807, 2.05) is 55.5 Å². The standard InChI is InChI=1S/C25H29N3O4/c1-5-17(3)20-8-6-7-9-21(20)26-24(30)18(4)31-23(29)15-14-22-27-28-25(32-22)19-12-10-16(2)11-13-19/h6-13,17-18H,5,14-15H2,1-4H3,(H,26,30). The molecule has 3 rings (SSSR count). The number of aryl methyl sites for hydroxylation is 2. The summed E-state index contributed by atoms with van der Waals surface area (Å²) in [5, 5.41) is 10.9. The smallest absolute Gasteiger partial charge is 0.307 e. The Hall–Kier alpha value is -3.48. The molecule has 0 fully saturated rings. The number of carbonyl (C=O) groups is 2. The van der Waals surface area contributed by atoms with Crippen LogP contribution in [0.4, 0.5) is 5.69 Å². The molecule has 1 N–H and O–H groups in total. The van der Waals surface area contributed by atoms with E-state index in [0.29, 0.717) is 17.7 Å². The summed E-state index contributed by atoms with van der Waals surface area (Å²) < 4.78 is 10.9. The van der Waals surface area contributed by atoms with Gasteiger partial charge in [0, 0.05) is 17.7 Å². The third-order valence-corrected chi connectivity index (χ3v) is 5.35. The normalized spacial score (nSPS) is 12.8. The Labute approximate surface area is 188 Å². The van der Waals surface area contributed by atoms with Gasteiger partial charge in [0.25, 0.3) is 5.91 Å². The minimum atomic E-state index is -0.918. The average molecular weight is 436 g/mol. The van der Waals surface area contributed by atoms with Gasteiger partial charge in [-0.3, -0.25) is 9.59 Å². The van der Waals surface area contributed by atoms with E-state index in [1.54, 1.807) is 6.92 Å². The molecule has 3 aromatic rings. The third-order valence-electron chi connectivity index (χ3n) is 5.35. The molecule has 2 atom stereocenters. The number of esters is 1. The maximum atomic E-state index is 12.5. The molecule has 1 amide bonds. The molecular formula is C25H29N3O4. The quantitative estimate of drug-likeness (QED) is 0.472. The Kier molecular flexibility index (Phi) is 7.76. The molecular weight excluding hydrogens is 406 g/mol. The number of nitrogens with zero attached hydrogens (tertiary/aromatic N) is 2. The van der Waals surface area contributed by atoms with Gasteiger partial charge in [0.15, 0.2) is 6.10 Å². The number of para-hydroxylation sites is 1. The van der Waals surface area contributed by atoms with Crippen molar-refractivity contribution < 1.29 is 18.7 Å². The van der Waals surface area contributed by atoms with Crippen molar-refractivity contribution in [2.75, 3.05) is 5.32 Å². The highest BCUT2D eigenvalue weighted by atomic mass is 16.5. The van der Waals surface area contributed by atoms with Gasteiger partial charge in [0.05, 0.1) is 6.42 Å². The molecule has 2 aromatic carbocycles. The van der Waals surface area contributed by atoms with Crippen LogP contribution in [-0.2, 0) is 20.7 Å². The molecule has 1 heterocycles. The fourth-order valence-electron chi connectivity index (χ4n) is 3.18. The summed E-state index contributed by atoms with van der Waals surface area (Å²) in [6.07, 6.45) is 0.316. The fraction of sp³-hybridized carbons (Fsp3) is 0.360. The van der Waals surface area contributed by atoms with Gasteiger partial charge in [0.2, 0.25) is 11.8 Å². The zero-order valence-electron chi connectivity index (χ0n) is 18.9. The van der Waals surface area contributed by atoms with E-state index in [0.717, 1.165) is 28.8 Å². The average Bonchev–Trinajstić information content (AvgIpc) is 3.27. The SMILES string of the molecule is CCC(C)c1ccccc1NC(=O)C(C)OC(=O)CCc1nnc(-c2ccc(C)cc2)o1. The summed E-state index contributed by atoms with van der Waals surface area (Å²) >= 11 is 0. The number of benzene rings is 2. The van der Waals surface area contributed by atoms with Crippen molar-refractivity contribution in [2.45, 2.75) is 59.0 Å². The van der Waals surface area contributed by atoms with Gasteiger partial charge < -0.3 is 14.5 Å². The molecule has 0 aliphatic heterocycles. The summed E-state index contributed by atoms with van der Waals surface area (Å²) in [5.41, 5.74) is 3.75. The number of ether oxygens (including phenoxy) is 1. The molecule has 0 bridgehead atoms. The van der Waals surface area contributed by atoms with Gasteiger partial charge >= 0.3 is 5.97 Å². The fourth-order valence-corrected chi connectivity index (χ4v) is 3.18. The second-order valence-corrected chi connectivity index (χ2v) is 7.88. The number of carbonyl (C=O) groups excluding carboxylic acids is 2. The van der Waals surface area contributed by atoms with Gasteiger partial charge in [-0.1, -0.05) is 49.7 Å². The Morgan fingerprint density at radius 2 is 1.78 bits per heavy atom. The lowest BCUT2D eigenvalue weighted by atomic mass is 9.97. The monoisotopic (exact) mass is 435 g/mol. The summed E-state index contributed by atoms with van der Waals surface area (Å²) in [6.45, 7) is 7.76. The van der Waals surface area contributed by atoms with Crippen LogP contribution < -0.4 is 5.32 Å². The van der Waals surface area contributed by atoms with E-state index in [4.69, 9.17) is 9.15 Å². The molecule has 0 saturated heterocycles. The van der Waals surface area contributed by atoms with Crippen LogP contribution in [0.1, 0.15) is 56.5 Å². The Balaban J connectivity index is 1.51. The van der Waals surface area contributed by atoms with Gasteiger partial charge in [-0.15, -0.1) is 10.2 Å². The van der Waals surface area contributed by atoms with Gasteiger partial charge in [-0.05, 0) is 49.9 Å². The van der Waals surface area contributed by atoms with Crippen LogP contribution in [0.2, 0.25) is 0 Å². The number of aromatic nitrogens is 2. The van der Waals surface area contributed by atoms with Crippen LogP contribution >= 0.6 is 0 Å². The van der Waals surface area contributed by atoms with E-state index in [2.05, 4.69) is 29.4 Å². The highest BCUT2D eigenvalue weighted by molar-refractivity contribution is 5.95. The number of hydrogen-bond donors (Lipinski definition) is 1. The lowest BCUT2D eigenvalue weighted by molar-refractivity contribution is -0.153. The first-order valence-corrected chi connectivity index (χ1v) is 10.9. The van der Waals surface area contributed by atoms with Crippen molar-refractivity contribution in [1.82, 2.24) is 10.2 Å². The van der Waals surface area contributed by atoms with Gasteiger partial charge in [-0.2, -0.15) is 0 Å². The molecule has 0 aliphatic carbocycles.